The van der Waals surface area contributed by atoms with Gasteiger partial charge in [-0.2, -0.15) is 10.1 Å². The van der Waals surface area contributed by atoms with Gasteiger partial charge in [-0.15, -0.1) is 0 Å². The van der Waals surface area contributed by atoms with Crippen molar-refractivity contribution in [2.45, 2.75) is 26.8 Å². The second-order valence-electron chi connectivity index (χ2n) is 6.45. The highest BCUT2D eigenvalue weighted by molar-refractivity contribution is 5.99. The Balaban J connectivity index is 2.16. The van der Waals surface area contributed by atoms with Crippen molar-refractivity contribution >= 4 is 22.8 Å². The number of aromatic nitrogens is 4. The zero-order valence-corrected chi connectivity index (χ0v) is 15.5. The van der Waals surface area contributed by atoms with E-state index in [2.05, 4.69) is 15.5 Å². The van der Waals surface area contributed by atoms with E-state index in [-0.39, 0.29) is 11.6 Å². The SMILES string of the molecule is CC(=NNc1nc2c(c(=O)n(C)c(=O)n2C)n1C(C)C)c1ccccc1. The van der Waals surface area contributed by atoms with Crippen LogP contribution in [0.3, 0.4) is 0 Å². The number of aryl methyl sites for hydroxylation is 1. The molecule has 0 saturated heterocycles. The normalized spacial score (nSPS) is 12.2. The molecule has 1 N–H and O–H groups in total. The predicted octanol–water partition coefficient (Wildman–Crippen LogP) is 1.85. The molecule has 0 aliphatic rings. The van der Waals surface area contributed by atoms with E-state index in [1.807, 2.05) is 51.1 Å². The number of rotatable bonds is 4. The molecule has 26 heavy (non-hydrogen) atoms. The Labute approximate surface area is 150 Å². The Hall–Kier alpha value is -3.16. The number of fused-ring (bicyclic) bond motifs is 1. The first-order chi connectivity index (χ1) is 12.3. The molecule has 2 heterocycles. The van der Waals surface area contributed by atoms with Crippen LogP contribution in [0.2, 0.25) is 0 Å². The number of hydrazone groups is 1. The number of nitrogens with zero attached hydrogens (tertiary/aromatic N) is 5. The van der Waals surface area contributed by atoms with Crippen molar-refractivity contribution in [1.29, 1.82) is 0 Å². The van der Waals surface area contributed by atoms with Crippen LogP contribution in [0.4, 0.5) is 5.95 Å². The first kappa shape index (κ1) is 17.7. The molecule has 0 saturated carbocycles. The highest BCUT2D eigenvalue weighted by Crippen LogP contribution is 2.21. The molecule has 0 fully saturated rings. The van der Waals surface area contributed by atoms with Gasteiger partial charge in [0.25, 0.3) is 5.56 Å². The molecule has 8 nitrogen and oxygen atoms in total. The summed E-state index contributed by atoms with van der Waals surface area (Å²) in [6.07, 6.45) is 0. The summed E-state index contributed by atoms with van der Waals surface area (Å²) in [4.78, 5) is 29.3. The molecule has 8 heteroatoms. The number of hydrogen-bond donors (Lipinski definition) is 1. The third-order valence-corrected chi connectivity index (χ3v) is 4.32. The quantitative estimate of drug-likeness (QED) is 0.572. The van der Waals surface area contributed by atoms with Crippen molar-refractivity contribution in [2.75, 3.05) is 5.43 Å². The zero-order chi connectivity index (χ0) is 19.0. The van der Waals surface area contributed by atoms with E-state index < -0.39 is 5.69 Å². The van der Waals surface area contributed by atoms with Gasteiger partial charge in [0, 0.05) is 20.1 Å². The molecule has 0 bridgehead atoms. The van der Waals surface area contributed by atoms with Gasteiger partial charge in [0.15, 0.2) is 11.2 Å². The van der Waals surface area contributed by atoms with Crippen LogP contribution < -0.4 is 16.7 Å². The van der Waals surface area contributed by atoms with Crippen LogP contribution in [0.1, 0.15) is 32.4 Å². The van der Waals surface area contributed by atoms with Gasteiger partial charge < -0.3 is 4.57 Å². The second-order valence-corrected chi connectivity index (χ2v) is 6.45. The molecule has 0 amide bonds. The summed E-state index contributed by atoms with van der Waals surface area (Å²) < 4.78 is 4.22. The summed E-state index contributed by atoms with van der Waals surface area (Å²) in [5.74, 6) is 0.420. The molecule has 0 atom stereocenters. The maximum absolute atomic E-state index is 12.6. The first-order valence-electron chi connectivity index (χ1n) is 8.36. The minimum absolute atomic E-state index is 0.0417. The van der Waals surface area contributed by atoms with Gasteiger partial charge in [-0.25, -0.2) is 10.2 Å². The van der Waals surface area contributed by atoms with Crippen molar-refractivity contribution in [3.63, 3.8) is 0 Å². The van der Waals surface area contributed by atoms with Gasteiger partial charge in [0.2, 0.25) is 5.95 Å². The van der Waals surface area contributed by atoms with E-state index in [1.54, 1.807) is 11.6 Å². The largest absolute Gasteiger partial charge is 0.332 e. The first-order valence-corrected chi connectivity index (χ1v) is 8.36. The maximum Gasteiger partial charge on any atom is 0.332 e. The molecule has 3 aromatic rings. The molecule has 136 valence electrons. The van der Waals surface area contributed by atoms with Crippen LogP contribution in [0.15, 0.2) is 45.0 Å². The average molecular weight is 354 g/mol. The summed E-state index contributed by atoms with van der Waals surface area (Å²) >= 11 is 0. The van der Waals surface area contributed by atoms with Gasteiger partial charge in [-0.3, -0.25) is 13.9 Å². The standard InChI is InChI=1S/C18H22N6O2/c1-11(2)24-14-15(22(4)18(26)23(5)16(14)25)19-17(24)21-20-12(3)13-9-7-6-8-10-13/h6-11H,1-5H3,(H,19,21). The molecular weight excluding hydrogens is 332 g/mol. The van der Waals surface area contributed by atoms with Crippen molar-refractivity contribution < 1.29 is 0 Å². The van der Waals surface area contributed by atoms with Crippen LogP contribution in [-0.4, -0.2) is 24.4 Å². The van der Waals surface area contributed by atoms with Crippen LogP contribution in [0, 0.1) is 0 Å². The molecule has 2 aromatic heterocycles. The van der Waals surface area contributed by atoms with Crippen molar-refractivity contribution in [3.05, 3.63) is 56.7 Å². The van der Waals surface area contributed by atoms with Crippen molar-refractivity contribution in [1.82, 2.24) is 18.7 Å². The second kappa shape index (κ2) is 6.62. The van der Waals surface area contributed by atoms with Crippen LogP contribution in [-0.2, 0) is 14.1 Å². The van der Waals surface area contributed by atoms with Crippen molar-refractivity contribution in [2.24, 2.45) is 19.2 Å². The van der Waals surface area contributed by atoms with Crippen LogP contribution >= 0.6 is 0 Å². The Bertz CT molecular complexity index is 1100. The average Bonchev–Trinajstić information content (AvgIpc) is 3.03. The highest BCUT2D eigenvalue weighted by atomic mass is 16.2. The maximum atomic E-state index is 12.6. The van der Waals surface area contributed by atoms with Gasteiger partial charge >= 0.3 is 5.69 Å². The van der Waals surface area contributed by atoms with Crippen LogP contribution in [0.25, 0.3) is 11.2 Å². The molecule has 0 radical (unpaired) electrons. The number of imidazole rings is 1. The van der Waals surface area contributed by atoms with E-state index >= 15 is 0 Å². The molecule has 3 rings (SSSR count). The van der Waals surface area contributed by atoms with E-state index in [0.29, 0.717) is 17.1 Å². The number of nitrogens with one attached hydrogen (secondary N) is 1. The smallest absolute Gasteiger partial charge is 0.300 e. The molecule has 0 spiro atoms. The summed E-state index contributed by atoms with van der Waals surface area (Å²) in [6, 6.07) is 9.71. The summed E-state index contributed by atoms with van der Waals surface area (Å²) in [6.45, 7) is 5.79. The van der Waals surface area contributed by atoms with E-state index in [1.165, 1.54) is 11.6 Å². The lowest BCUT2D eigenvalue weighted by molar-refractivity contribution is 0.615. The monoisotopic (exact) mass is 354 g/mol. The fraction of sp³-hybridized carbons (Fsp3) is 0.333. The predicted molar refractivity (Wildman–Crippen MR) is 103 cm³/mol. The fourth-order valence-electron chi connectivity index (χ4n) is 2.87. The topological polar surface area (TPSA) is 86.2 Å². The van der Waals surface area contributed by atoms with Gasteiger partial charge in [-0.05, 0) is 26.3 Å². The highest BCUT2D eigenvalue weighted by Gasteiger charge is 2.20. The Morgan fingerprint density at radius 1 is 1.12 bits per heavy atom. The third kappa shape index (κ3) is 2.83. The summed E-state index contributed by atoms with van der Waals surface area (Å²) in [5.41, 5.74) is 4.65. The van der Waals surface area contributed by atoms with E-state index in [9.17, 15) is 9.59 Å². The molecule has 0 aliphatic heterocycles. The molecule has 1 aromatic carbocycles. The number of anilines is 1. The summed E-state index contributed by atoms with van der Waals surface area (Å²) in [5, 5.41) is 4.39. The minimum Gasteiger partial charge on any atom is -0.300 e. The number of hydrogen-bond acceptors (Lipinski definition) is 5. The van der Waals surface area contributed by atoms with E-state index in [0.717, 1.165) is 15.8 Å². The van der Waals surface area contributed by atoms with Gasteiger partial charge in [0.05, 0.1) is 5.71 Å². The Morgan fingerprint density at radius 2 is 1.77 bits per heavy atom. The fourth-order valence-corrected chi connectivity index (χ4v) is 2.87. The van der Waals surface area contributed by atoms with Gasteiger partial charge in [-0.1, -0.05) is 30.3 Å². The Morgan fingerprint density at radius 3 is 2.38 bits per heavy atom. The molecule has 0 unspecified atom stereocenters. The summed E-state index contributed by atoms with van der Waals surface area (Å²) in [7, 11) is 3.07. The lowest BCUT2D eigenvalue weighted by atomic mass is 10.1. The Kier molecular flexibility index (Phi) is 4.50. The minimum atomic E-state index is -0.411. The zero-order valence-electron chi connectivity index (χ0n) is 15.5. The molecule has 0 aliphatic carbocycles. The van der Waals surface area contributed by atoms with Crippen molar-refractivity contribution in [3.8, 4) is 0 Å². The van der Waals surface area contributed by atoms with E-state index in [4.69, 9.17) is 0 Å². The lowest BCUT2D eigenvalue weighted by Crippen LogP contribution is -2.37. The third-order valence-electron chi connectivity index (χ3n) is 4.32. The number of benzene rings is 1. The lowest BCUT2D eigenvalue weighted by Gasteiger charge is -2.12. The van der Waals surface area contributed by atoms with Gasteiger partial charge in [0.1, 0.15) is 0 Å². The van der Waals surface area contributed by atoms with Crippen LogP contribution in [0.5, 0.6) is 0 Å². The molecular formula is C18H22N6O2.